The number of unbranched alkanes of at least 4 members (excludes halogenated alkanes) is 1. The Balaban J connectivity index is 1.33. The first kappa shape index (κ1) is 22.8. The van der Waals surface area contributed by atoms with Crippen LogP contribution in [0.15, 0.2) is 71.9 Å². The number of nitrogens with one attached hydrogen (secondary N) is 1. The van der Waals surface area contributed by atoms with Gasteiger partial charge in [0, 0.05) is 31.9 Å². The molecular formula is C24H29N5O3S. The third-order valence-electron chi connectivity index (χ3n) is 5.47. The first-order valence-corrected chi connectivity index (χ1v) is 12.7. The van der Waals surface area contributed by atoms with Crippen LogP contribution in [0.3, 0.4) is 0 Å². The van der Waals surface area contributed by atoms with E-state index in [0.29, 0.717) is 24.0 Å². The molecule has 4 rings (SSSR count). The highest BCUT2D eigenvalue weighted by molar-refractivity contribution is 7.92. The highest BCUT2D eigenvalue weighted by Gasteiger charge is 2.20. The van der Waals surface area contributed by atoms with Gasteiger partial charge in [-0.05, 0) is 42.8 Å². The number of anilines is 3. The molecule has 1 aromatic heterocycles. The lowest BCUT2D eigenvalue weighted by Crippen LogP contribution is -2.47. The lowest BCUT2D eigenvalue weighted by atomic mass is 10.2. The van der Waals surface area contributed by atoms with E-state index in [1.165, 1.54) is 30.2 Å². The first-order chi connectivity index (χ1) is 16.0. The fourth-order valence-corrected chi connectivity index (χ4v) is 4.63. The molecule has 0 spiro atoms. The summed E-state index contributed by atoms with van der Waals surface area (Å²) >= 11 is 0. The summed E-state index contributed by atoms with van der Waals surface area (Å²) in [5.41, 5.74) is 1.54. The summed E-state index contributed by atoms with van der Waals surface area (Å²) in [4.78, 5) is 13.4. The van der Waals surface area contributed by atoms with E-state index in [9.17, 15) is 8.42 Å². The molecule has 0 aliphatic carbocycles. The smallest absolute Gasteiger partial charge is 0.261 e. The molecule has 0 unspecified atom stereocenters. The maximum absolute atomic E-state index is 12.7. The zero-order valence-electron chi connectivity index (χ0n) is 18.7. The summed E-state index contributed by atoms with van der Waals surface area (Å²) in [7, 11) is -3.74. The molecule has 1 fully saturated rings. The van der Waals surface area contributed by atoms with E-state index in [1.54, 1.807) is 12.1 Å². The van der Waals surface area contributed by atoms with Crippen molar-refractivity contribution in [2.75, 3.05) is 47.3 Å². The molecule has 1 aliphatic heterocycles. The molecular weight excluding hydrogens is 438 g/mol. The Labute approximate surface area is 195 Å². The van der Waals surface area contributed by atoms with Crippen LogP contribution < -0.4 is 19.3 Å². The number of hydrogen-bond donors (Lipinski definition) is 1. The molecule has 2 heterocycles. The number of nitrogens with zero attached hydrogens (tertiary/aromatic N) is 4. The molecule has 0 atom stereocenters. The summed E-state index contributed by atoms with van der Waals surface area (Å²) in [6.07, 6.45) is 5.01. The van der Waals surface area contributed by atoms with Crippen LogP contribution in [0, 0.1) is 0 Å². The van der Waals surface area contributed by atoms with E-state index in [1.807, 2.05) is 18.2 Å². The quantitative estimate of drug-likeness (QED) is 0.479. The number of piperazine rings is 1. The molecule has 8 nitrogen and oxygen atoms in total. The van der Waals surface area contributed by atoms with Crippen LogP contribution in [0.1, 0.15) is 19.8 Å². The third kappa shape index (κ3) is 5.92. The largest absolute Gasteiger partial charge is 0.494 e. The van der Waals surface area contributed by atoms with Gasteiger partial charge in [0.2, 0.25) is 5.95 Å². The van der Waals surface area contributed by atoms with Crippen LogP contribution in [0.25, 0.3) is 0 Å². The molecule has 9 heteroatoms. The minimum Gasteiger partial charge on any atom is -0.494 e. The maximum Gasteiger partial charge on any atom is 0.261 e. The van der Waals surface area contributed by atoms with Crippen LogP contribution in [-0.4, -0.2) is 51.2 Å². The molecule has 1 saturated heterocycles. The van der Waals surface area contributed by atoms with Crippen molar-refractivity contribution in [3.8, 4) is 5.75 Å². The number of benzene rings is 2. The van der Waals surface area contributed by atoms with Gasteiger partial charge in [0.1, 0.15) is 5.75 Å². The summed E-state index contributed by atoms with van der Waals surface area (Å²) < 4.78 is 33.6. The number of para-hydroxylation sites is 1. The number of rotatable bonds is 9. The standard InChI is InChI=1S/C24H29N5O3S/c1-2-3-17-32-22-9-11-23(12-10-22)33(30,31)27-20-18-25-24(26-19-20)29-15-13-28(14-16-29)21-7-5-4-6-8-21/h4-12,18-19,27H,2-3,13-17H2,1H3. The van der Waals surface area contributed by atoms with Crippen molar-refractivity contribution in [1.82, 2.24) is 9.97 Å². The van der Waals surface area contributed by atoms with Gasteiger partial charge in [-0.3, -0.25) is 4.72 Å². The molecule has 0 radical (unpaired) electrons. The Bertz CT molecular complexity index is 1120. The van der Waals surface area contributed by atoms with Crippen LogP contribution in [0.5, 0.6) is 5.75 Å². The lowest BCUT2D eigenvalue weighted by molar-refractivity contribution is 0.309. The van der Waals surface area contributed by atoms with Gasteiger partial charge in [-0.15, -0.1) is 0 Å². The van der Waals surface area contributed by atoms with Crippen molar-refractivity contribution >= 4 is 27.3 Å². The predicted molar refractivity (Wildman–Crippen MR) is 131 cm³/mol. The Hall–Kier alpha value is -3.33. The minimum absolute atomic E-state index is 0.159. The van der Waals surface area contributed by atoms with Crippen LogP contribution in [-0.2, 0) is 10.0 Å². The second-order valence-electron chi connectivity index (χ2n) is 7.86. The Morgan fingerprint density at radius 1 is 0.909 bits per heavy atom. The van der Waals surface area contributed by atoms with Crippen molar-refractivity contribution < 1.29 is 13.2 Å². The highest BCUT2D eigenvalue weighted by Crippen LogP contribution is 2.21. The number of sulfonamides is 1. The van der Waals surface area contributed by atoms with E-state index in [2.05, 4.69) is 43.5 Å². The van der Waals surface area contributed by atoms with E-state index in [4.69, 9.17) is 4.74 Å². The average Bonchev–Trinajstić information content (AvgIpc) is 2.85. The van der Waals surface area contributed by atoms with Crippen molar-refractivity contribution in [3.05, 3.63) is 67.0 Å². The van der Waals surface area contributed by atoms with Gasteiger partial charge in [-0.2, -0.15) is 0 Å². The van der Waals surface area contributed by atoms with Crippen LogP contribution in [0.2, 0.25) is 0 Å². The zero-order chi connectivity index (χ0) is 23.1. The molecule has 0 amide bonds. The van der Waals surface area contributed by atoms with Crippen LogP contribution >= 0.6 is 0 Å². The highest BCUT2D eigenvalue weighted by atomic mass is 32.2. The van der Waals surface area contributed by atoms with E-state index >= 15 is 0 Å². The third-order valence-corrected chi connectivity index (χ3v) is 6.87. The van der Waals surface area contributed by atoms with Gasteiger partial charge in [0.15, 0.2) is 0 Å². The maximum atomic E-state index is 12.7. The number of ether oxygens (including phenoxy) is 1. The van der Waals surface area contributed by atoms with Gasteiger partial charge in [-0.1, -0.05) is 31.5 Å². The number of hydrogen-bond acceptors (Lipinski definition) is 7. The van der Waals surface area contributed by atoms with Gasteiger partial charge in [0.05, 0.1) is 29.6 Å². The average molecular weight is 468 g/mol. The fraction of sp³-hybridized carbons (Fsp3) is 0.333. The second-order valence-corrected chi connectivity index (χ2v) is 9.54. The monoisotopic (exact) mass is 467 g/mol. The summed E-state index contributed by atoms with van der Waals surface area (Å²) in [5, 5.41) is 0. The van der Waals surface area contributed by atoms with Crippen molar-refractivity contribution in [2.24, 2.45) is 0 Å². The SMILES string of the molecule is CCCCOc1ccc(S(=O)(=O)Nc2cnc(N3CCN(c4ccccc4)CC3)nc2)cc1. The van der Waals surface area contributed by atoms with Gasteiger partial charge in [0.25, 0.3) is 10.0 Å². The molecule has 2 aromatic carbocycles. The second kappa shape index (κ2) is 10.5. The fourth-order valence-electron chi connectivity index (χ4n) is 3.60. The molecule has 0 saturated carbocycles. The molecule has 1 aliphatic rings. The normalized spacial score (nSPS) is 14.2. The topological polar surface area (TPSA) is 87.7 Å². The van der Waals surface area contributed by atoms with Gasteiger partial charge >= 0.3 is 0 Å². The molecule has 174 valence electrons. The number of aromatic nitrogens is 2. The van der Waals surface area contributed by atoms with Gasteiger partial charge < -0.3 is 14.5 Å². The molecule has 3 aromatic rings. The van der Waals surface area contributed by atoms with Crippen molar-refractivity contribution in [2.45, 2.75) is 24.7 Å². The van der Waals surface area contributed by atoms with Crippen molar-refractivity contribution in [3.63, 3.8) is 0 Å². The summed E-state index contributed by atoms with van der Waals surface area (Å²) in [6, 6.07) is 16.7. The zero-order valence-corrected chi connectivity index (χ0v) is 19.5. The van der Waals surface area contributed by atoms with Crippen molar-refractivity contribution in [1.29, 1.82) is 0 Å². The molecule has 1 N–H and O–H groups in total. The van der Waals surface area contributed by atoms with Crippen LogP contribution in [0.4, 0.5) is 17.3 Å². The molecule has 0 bridgehead atoms. The van der Waals surface area contributed by atoms with E-state index < -0.39 is 10.0 Å². The van der Waals surface area contributed by atoms with E-state index in [0.717, 1.165) is 39.0 Å². The Morgan fingerprint density at radius 3 is 2.18 bits per heavy atom. The Kier molecular flexibility index (Phi) is 7.29. The van der Waals surface area contributed by atoms with Gasteiger partial charge in [-0.25, -0.2) is 18.4 Å². The first-order valence-electron chi connectivity index (χ1n) is 11.2. The molecule has 33 heavy (non-hydrogen) atoms. The summed E-state index contributed by atoms with van der Waals surface area (Å²) in [6.45, 7) is 6.05. The van der Waals surface area contributed by atoms with E-state index in [-0.39, 0.29) is 4.90 Å². The minimum atomic E-state index is -3.74. The lowest BCUT2D eigenvalue weighted by Gasteiger charge is -2.36. The summed E-state index contributed by atoms with van der Waals surface area (Å²) in [5.74, 6) is 1.25. The Morgan fingerprint density at radius 2 is 1.55 bits per heavy atom. The predicted octanol–water partition coefficient (Wildman–Crippen LogP) is 3.78.